The van der Waals surface area contributed by atoms with Crippen LogP contribution in [0.25, 0.3) is 0 Å². The highest BCUT2D eigenvalue weighted by molar-refractivity contribution is 6.38. The van der Waals surface area contributed by atoms with Gasteiger partial charge in [0, 0.05) is 12.1 Å². The molecule has 2 saturated carbocycles. The molecule has 0 bridgehead atoms. The minimum absolute atomic E-state index is 0.0683. The molecule has 0 spiro atoms. The lowest BCUT2D eigenvalue weighted by Crippen LogP contribution is -2.61. The average molecular weight is 708 g/mol. The molecule has 1 aromatic rings. The van der Waals surface area contributed by atoms with E-state index in [1.807, 2.05) is 51.1 Å². The highest BCUT2D eigenvalue weighted by Crippen LogP contribution is 2.65. The van der Waals surface area contributed by atoms with Gasteiger partial charge < -0.3 is 30.9 Å². The summed E-state index contributed by atoms with van der Waals surface area (Å²) >= 11 is 0. The summed E-state index contributed by atoms with van der Waals surface area (Å²) < 4.78 is 5.58. The minimum Gasteiger partial charge on any atom is -0.453 e. The van der Waals surface area contributed by atoms with E-state index in [0.717, 1.165) is 37.7 Å². The van der Waals surface area contributed by atoms with Gasteiger partial charge in [0.2, 0.25) is 17.6 Å². The van der Waals surface area contributed by atoms with Crippen LogP contribution < -0.4 is 21.3 Å². The molecule has 12 nitrogen and oxygen atoms in total. The zero-order valence-corrected chi connectivity index (χ0v) is 31.3. The number of nitrogens with one attached hydrogen (secondary N) is 4. The number of benzene rings is 1. The predicted octanol–water partition coefficient (Wildman–Crippen LogP) is 4.13. The second kappa shape index (κ2) is 16.0. The Hall–Kier alpha value is -4.22. The first-order chi connectivity index (χ1) is 23.9. The SMILES string of the molecule is C=CCCC(NC(=O)[C@@H]1[C@@H]2C(CN1C(=O)[C@@H](NC(=O)NC(C)(C)C)C1CCCCC1)C2(C)C)C(=O)C(=O)NCC(=O)OC(C)(C)c1ccccc1. The van der Waals surface area contributed by atoms with Gasteiger partial charge in [-0.3, -0.25) is 24.0 Å². The predicted molar refractivity (Wildman–Crippen MR) is 193 cm³/mol. The van der Waals surface area contributed by atoms with Crippen molar-refractivity contribution in [2.24, 2.45) is 23.2 Å². The number of fused-ring (bicyclic) bond motifs is 1. The topological polar surface area (TPSA) is 163 Å². The Morgan fingerprint density at radius 1 is 0.980 bits per heavy atom. The molecule has 1 aliphatic heterocycles. The van der Waals surface area contributed by atoms with E-state index in [4.69, 9.17) is 4.74 Å². The van der Waals surface area contributed by atoms with Crippen LogP contribution in [-0.2, 0) is 34.3 Å². The van der Waals surface area contributed by atoms with Crippen molar-refractivity contribution >= 4 is 35.5 Å². The fraction of sp³-hybridized carbons (Fsp3) is 0.641. The molecule has 12 heteroatoms. The highest BCUT2D eigenvalue weighted by Gasteiger charge is 2.69. The Morgan fingerprint density at radius 3 is 2.24 bits per heavy atom. The molecule has 4 N–H and O–H groups in total. The first-order valence-electron chi connectivity index (χ1n) is 18.3. The van der Waals surface area contributed by atoms with Gasteiger partial charge in [0.25, 0.3) is 5.91 Å². The molecular weight excluding hydrogens is 650 g/mol. The lowest BCUT2D eigenvalue weighted by molar-refractivity contribution is -0.157. The summed E-state index contributed by atoms with van der Waals surface area (Å²) in [5.74, 6) is -3.65. The molecule has 1 aromatic carbocycles. The smallest absolute Gasteiger partial charge is 0.326 e. The summed E-state index contributed by atoms with van der Waals surface area (Å²) in [7, 11) is 0. The number of Topliss-reactive ketones (excluding diaryl/α,β-unsaturated/α-hetero) is 1. The Bertz CT molecular complexity index is 1480. The third kappa shape index (κ3) is 9.77. The number of carbonyl (C=O) groups is 6. The van der Waals surface area contributed by atoms with Gasteiger partial charge in [-0.15, -0.1) is 6.58 Å². The van der Waals surface area contributed by atoms with Crippen molar-refractivity contribution in [3.8, 4) is 0 Å². The van der Waals surface area contributed by atoms with Crippen LogP contribution in [0.15, 0.2) is 43.0 Å². The van der Waals surface area contributed by atoms with Gasteiger partial charge in [-0.25, -0.2) is 4.79 Å². The number of ether oxygens (including phenoxy) is 1. The summed E-state index contributed by atoms with van der Waals surface area (Å²) in [6.07, 6.45) is 6.58. The Morgan fingerprint density at radius 2 is 1.63 bits per heavy atom. The fourth-order valence-corrected chi connectivity index (χ4v) is 7.79. The summed E-state index contributed by atoms with van der Waals surface area (Å²) in [4.78, 5) is 82.3. The quantitative estimate of drug-likeness (QED) is 0.128. The standard InChI is InChI=1S/C39H57N5O7/c1-9-10-21-27(32(46)34(48)40-22-28(45)51-39(7,8)25-19-15-12-16-20-25)41-33(47)31-29-26(38(29,5)6)23-44(31)35(49)30(24-17-13-11-14-18-24)42-36(50)43-37(2,3)4/h9,12,15-16,19-20,24,26-27,29-31H,1,10-11,13-14,17-18,21-23H2,2-8H3,(H,40,48)(H,41,47)(H2,42,43,50)/t26?,27?,29-,30-,31-/m0/s1. The molecule has 3 aliphatic rings. The van der Waals surface area contributed by atoms with Crippen molar-refractivity contribution in [1.82, 2.24) is 26.2 Å². The molecular formula is C39H57N5O7. The van der Waals surface area contributed by atoms with Gasteiger partial charge in [0.05, 0.1) is 6.04 Å². The molecule has 0 aromatic heterocycles. The molecule has 280 valence electrons. The van der Waals surface area contributed by atoms with Crippen molar-refractivity contribution in [3.05, 3.63) is 48.6 Å². The summed E-state index contributed by atoms with van der Waals surface area (Å²) in [5.41, 5.74) is -0.914. The first-order valence-corrected chi connectivity index (χ1v) is 18.3. The van der Waals surface area contributed by atoms with Crippen LogP contribution >= 0.6 is 0 Å². The lowest BCUT2D eigenvalue weighted by Gasteiger charge is -2.37. The highest BCUT2D eigenvalue weighted by atomic mass is 16.6. The maximum absolute atomic E-state index is 14.4. The number of allylic oxidation sites excluding steroid dienone is 1. The molecule has 1 heterocycles. The molecule has 5 atom stereocenters. The van der Waals surface area contributed by atoms with Crippen LogP contribution in [0, 0.1) is 23.2 Å². The van der Waals surface area contributed by atoms with Crippen molar-refractivity contribution in [1.29, 1.82) is 0 Å². The van der Waals surface area contributed by atoms with E-state index in [0.29, 0.717) is 13.0 Å². The number of amides is 5. The third-order valence-corrected chi connectivity index (χ3v) is 10.7. The van der Waals surface area contributed by atoms with Crippen molar-refractivity contribution in [2.45, 2.75) is 123 Å². The van der Waals surface area contributed by atoms with E-state index < -0.39 is 65.4 Å². The van der Waals surface area contributed by atoms with E-state index in [1.165, 1.54) is 0 Å². The van der Waals surface area contributed by atoms with Gasteiger partial charge in [-0.05, 0) is 89.0 Å². The van der Waals surface area contributed by atoms with Gasteiger partial charge in [0.15, 0.2) is 0 Å². The molecule has 1 saturated heterocycles. The summed E-state index contributed by atoms with van der Waals surface area (Å²) in [5, 5.41) is 11.0. The number of likely N-dealkylation sites (tertiary alicyclic amines) is 1. The number of rotatable bonds is 14. The minimum atomic E-state index is -1.21. The van der Waals surface area contributed by atoms with Crippen LogP contribution in [0.1, 0.15) is 99.0 Å². The van der Waals surface area contributed by atoms with Crippen LogP contribution in [0.3, 0.4) is 0 Å². The van der Waals surface area contributed by atoms with Crippen LogP contribution in [0.4, 0.5) is 4.79 Å². The Kier molecular flexibility index (Phi) is 12.4. The van der Waals surface area contributed by atoms with E-state index in [1.54, 1.807) is 24.8 Å². The Balaban J connectivity index is 1.47. The second-order valence-corrected chi connectivity index (χ2v) is 16.4. The average Bonchev–Trinajstić information content (AvgIpc) is 3.37. The second-order valence-electron chi connectivity index (χ2n) is 16.4. The molecule has 0 radical (unpaired) electrons. The van der Waals surface area contributed by atoms with Crippen molar-refractivity contribution in [3.63, 3.8) is 0 Å². The van der Waals surface area contributed by atoms with Gasteiger partial charge in [-0.1, -0.05) is 69.5 Å². The fourth-order valence-electron chi connectivity index (χ4n) is 7.79. The summed E-state index contributed by atoms with van der Waals surface area (Å²) in [6.45, 7) is 16.7. The van der Waals surface area contributed by atoms with E-state index in [9.17, 15) is 28.8 Å². The van der Waals surface area contributed by atoms with E-state index in [-0.39, 0.29) is 35.5 Å². The maximum Gasteiger partial charge on any atom is 0.326 e. The van der Waals surface area contributed by atoms with Crippen LogP contribution in [0.5, 0.6) is 0 Å². The van der Waals surface area contributed by atoms with Crippen LogP contribution in [-0.4, -0.2) is 77.2 Å². The molecule has 5 amide bonds. The van der Waals surface area contributed by atoms with Crippen molar-refractivity contribution in [2.75, 3.05) is 13.1 Å². The van der Waals surface area contributed by atoms with E-state index in [2.05, 4.69) is 41.7 Å². The largest absolute Gasteiger partial charge is 0.453 e. The van der Waals surface area contributed by atoms with E-state index >= 15 is 0 Å². The van der Waals surface area contributed by atoms with Gasteiger partial charge in [0.1, 0.15) is 24.2 Å². The lowest BCUT2D eigenvalue weighted by atomic mass is 9.83. The Labute approximate surface area is 302 Å². The van der Waals surface area contributed by atoms with Crippen molar-refractivity contribution < 1.29 is 33.5 Å². The number of urea groups is 1. The molecule has 3 fully saturated rings. The normalized spacial score (nSPS) is 22.4. The number of hydrogen-bond acceptors (Lipinski definition) is 7. The van der Waals surface area contributed by atoms with Gasteiger partial charge >= 0.3 is 12.0 Å². The number of ketones is 1. The number of carbonyl (C=O) groups excluding carboxylic acids is 6. The molecule has 2 aliphatic carbocycles. The molecule has 4 rings (SSSR count). The molecule has 2 unspecified atom stereocenters. The number of hydrogen-bond donors (Lipinski definition) is 4. The molecule has 51 heavy (non-hydrogen) atoms. The first kappa shape index (κ1) is 39.6. The zero-order valence-electron chi connectivity index (χ0n) is 31.3. The number of nitrogens with zero attached hydrogens (tertiary/aromatic N) is 1. The number of piperidine rings is 1. The number of esters is 1. The monoisotopic (exact) mass is 707 g/mol. The van der Waals surface area contributed by atoms with Gasteiger partial charge in [-0.2, -0.15) is 0 Å². The third-order valence-electron chi connectivity index (χ3n) is 10.7. The van der Waals surface area contributed by atoms with Crippen LogP contribution in [0.2, 0.25) is 0 Å². The zero-order chi connectivity index (χ0) is 37.7. The summed E-state index contributed by atoms with van der Waals surface area (Å²) in [6, 6.07) is 5.81. The maximum atomic E-state index is 14.4.